The van der Waals surface area contributed by atoms with Gasteiger partial charge in [0.25, 0.3) is 0 Å². The average Bonchev–Trinajstić information content (AvgIpc) is 2.66. The van der Waals surface area contributed by atoms with Crippen LogP contribution in [0.1, 0.15) is 11.1 Å². The van der Waals surface area contributed by atoms with E-state index in [1.165, 1.54) is 19.3 Å². The third-order valence-corrected chi connectivity index (χ3v) is 3.77. The molecule has 0 spiro atoms. The standard InChI is InChI=1S/C20H19F4N3O4/c1-12-7-8-25-16(9-12)26-17(28)11-27(2)18(29)6-4-13-3-5-14(30-19(21)22)10-15(13)31-20(23)24/h3-10,19-20H,11H2,1-2H3,(H,25,26,28)/b6-4+. The normalized spacial score (nSPS) is 11.1. The molecule has 2 aromatic rings. The molecule has 1 aromatic carbocycles. The molecule has 1 aromatic heterocycles. The Morgan fingerprint density at radius 2 is 1.84 bits per heavy atom. The number of carbonyl (C=O) groups is 2. The quantitative estimate of drug-likeness (QED) is 0.474. The van der Waals surface area contributed by atoms with Gasteiger partial charge in [0.05, 0.1) is 6.54 Å². The molecular weight excluding hydrogens is 422 g/mol. The molecule has 0 saturated carbocycles. The number of hydrogen-bond acceptors (Lipinski definition) is 5. The first-order valence-electron chi connectivity index (χ1n) is 8.83. The van der Waals surface area contributed by atoms with Gasteiger partial charge in [-0.05, 0) is 42.8 Å². The van der Waals surface area contributed by atoms with Gasteiger partial charge in [0.1, 0.15) is 17.3 Å². The van der Waals surface area contributed by atoms with Crippen molar-refractivity contribution in [2.45, 2.75) is 20.1 Å². The summed E-state index contributed by atoms with van der Waals surface area (Å²) in [6.07, 6.45) is 3.71. The Labute approximate surface area is 175 Å². The van der Waals surface area contributed by atoms with E-state index in [1.54, 1.807) is 12.1 Å². The maximum atomic E-state index is 12.6. The number of aromatic nitrogens is 1. The minimum absolute atomic E-state index is 0.0251. The number of ether oxygens (including phenoxy) is 2. The first kappa shape index (κ1) is 23.6. The molecule has 7 nitrogen and oxygen atoms in total. The summed E-state index contributed by atoms with van der Waals surface area (Å²) in [5, 5.41) is 2.55. The zero-order valence-corrected chi connectivity index (χ0v) is 16.5. The number of amides is 2. The van der Waals surface area contributed by atoms with Crippen LogP contribution < -0.4 is 14.8 Å². The van der Waals surface area contributed by atoms with Crippen molar-refractivity contribution in [2.75, 3.05) is 18.9 Å². The molecule has 2 rings (SSSR count). The summed E-state index contributed by atoms with van der Waals surface area (Å²) in [6.45, 7) is -4.82. The number of rotatable bonds is 9. The Kier molecular flexibility index (Phi) is 8.35. The second-order valence-electron chi connectivity index (χ2n) is 6.25. The van der Waals surface area contributed by atoms with E-state index in [0.717, 1.165) is 34.7 Å². The number of aryl methyl sites for hydroxylation is 1. The molecule has 0 fully saturated rings. The van der Waals surface area contributed by atoms with Crippen LogP contribution in [0.2, 0.25) is 0 Å². The summed E-state index contributed by atoms with van der Waals surface area (Å²) in [5.74, 6) is -1.60. The number of pyridine rings is 1. The molecule has 0 atom stereocenters. The van der Waals surface area contributed by atoms with Gasteiger partial charge in [-0.25, -0.2) is 4.98 Å². The zero-order chi connectivity index (χ0) is 23.0. The lowest BCUT2D eigenvalue weighted by Gasteiger charge is -2.15. The molecule has 0 aliphatic heterocycles. The SMILES string of the molecule is Cc1ccnc(NC(=O)CN(C)C(=O)/C=C/c2ccc(OC(F)F)cc2OC(F)F)c1. The van der Waals surface area contributed by atoms with Crippen LogP contribution in [0.3, 0.4) is 0 Å². The Morgan fingerprint density at radius 3 is 2.48 bits per heavy atom. The number of alkyl halides is 4. The van der Waals surface area contributed by atoms with Gasteiger partial charge in [-0.1, -0.05) is 0 Å². The van der Waals surface area contributed by atoms with E-state index < -0.39 is 30.8 Å². The van der Waals surface area contributed by atoms with Gasteiger partial charge in [-0.2, -0.15) is 17.6 Å². The highest BCUT2D eigenvalue weighted by Crippen LogP contribution is 2.28. The summed E-state index contributed by atoms with van der Waals surface area (Å²) in [6, 6.07) is 6.56. The smallest absolute Gasteiger partial charge is 0.387 e. The van der Waals surface area contributed by atoms with Crippen molar-refractivity contribution in [1.29, 1.82) is 0 Å². The maximum Gasteiger partial charge on any atom is 0.387 e. The summed E-state index contributed by atoms with van der Waals surface area (Å²) < 4.78 is 58.3. The van der Waals surface area contributed by atoms with Crippen LogP contribution >= 0.6 is 0 Å². The molecule has 0 aliphatic carbocycles. The van der Waals surface area contributed by atoms with Crippen molar-refractivity contribution in [3.05, 3.63) is 53.7 Å². The number of anilines is 1. The van der Waals surface area contributed by atoms with Crippen molar-refractivity contribution < 1.29 is 36.6 Å². The lowest BCUT2D eigenvalue weighted by molar-refractivity contribution is -0.129. The third-order valence-electron chi connectivity index (χ3n) is 3.77. The van der Waals surface area contributed by atoms with Gasteiger partial charge >= 0.3 is 13.2 Å². The van der Waals surface area contributed by atoms with Crippen LogP contribution in [-0.4, -0.2) is 48.5 Å². The van der Waals surface area contributed by atoms with E-state index in [-0.39, 0.29) is 17.9 Å². The van der Waals surface area contributed by atoms with Crippen LogP contribution in [-0.2, 0) is 9.59 Å². The number of benzene rings is 1. The van der Waals surface area contributed by atoms with Gasteiger partial charge in [0.15, 0.2) is 0 Å². The summed E-state index contributed by atoms with van der Waals surface area (Å²) in [5.41, 5.74) is 0.918. The van der Waals surface area contributed by atoms with Crippen molar-refractivity contribution >= 4 is 23.7 Å². The third kappa shape index (κ3) is 7.96. The van der Waals surface area contributed by atoms with Crippen molar-refractivity contribution in [3.63, 3.8) is 0 Å². The van der Waals surface area contributed by atoms with Crippen molar-refractivity contribution in [2.24, 2.45) is 0 Å². The van der Waals surface area contributed by atoms with Crippen LogP contribution in [0.5, 0.6) is 11.5 Å². The molecule has 0 unspecified atom stereocenters. The van der Waals surface area contributed by atoms with E-state index in [9.17, 15) is 27.2 Å². The molecule has 0 radical (unpaired) electrons. The maximum absolute atomic E-state index is 12.6. The highest BCUT2D eigenvalue weighted by molar-refractivity contribution is 5.97. The number of nitrogens with zero attached hydrogens (tertiary/aromatic N) is 2. The van der Waals surface area contributed by atoms with E-state index in [1.807, 2.05) is 6.92 Å². The molecule has 11 heteroatoms. The molecule has 166 valence electrons. The summed E-state index contributed by atoms with van der Waals surface area (Å²) in [4.78, 5) is 29.4. The second kappa shape index (κ2) is 11.0. The Hall–Kier alpha value is -3.63. The fourth-order valence-electron chi connectivity index (χ4n) is 2.40. The van der Waals surface area contributed by atoms with E-state index >= 15 is 0 Å². The number of hydrogen-bond donors (Lipinski definition) is 1. The number of nitrogens with one attached hydrogen (secondary N) is 1. The topological polar surface area (TPSA) is 80.8 Å². The van der Waals surface area contributed by atoms with E-state index in [0.29, 0.717) is 5.82 Å². The predicted octanol–water partition coefficient (Wildman–Crippen LogP) is 3.70. The predicted molar refractivity (Wildman–Crippen MR) is 104 cm³/mol. The highest BCUT2D eigenvalue weighted by Gasteiger charge is 2.14. The summed E-state index contributed by atoms with van der Waals surface area (Å²) in [7, 11) is 1.37. The highest BCUT2D eigenvalue weighted by atomic mass is 19.3. The van der Waals surface area contributed by atoms with Crippen LogP contribution in [0.15, 0.2) is 42.6 Å². The fourth-order valence-corrected chi connectivity index (χ4v) is 2.40. The molecule has 2 amide bonds. The van der Waals surface area contributed by atoms with E-state index in [2.05, 4.69) is 19.8 Å². The average molecular weight is 441 g/mol. The number of halogens is 4. The largest absolute Gasteiger partial charge is 0.435 e. The van der Waals surface area contributed by atoms with Gasteiger partial charge in [0.2, 0.25) is 11.8 Å². The van der Waals surface area contributed by atoms with Gasteiger partial charge in [0, 0.05) is 31.0 Å². The molecular formula is C20H19F4N3O4. The second-order valence-corrected chi connectivity index (χ2v) is 6.25. The Bertz CT molecular complexity index is 954. The summed E-state index contributed by atoms with van der Waals surface area (Å²) >= 11 is 0. The van der Waals surface area contributed by atoms with Gasteiger partial charge in [-0.15, -0.1) is 0 Å². The van der Waals surface area contributed by atoms with Gasteiger partial charge in [-0.3, -0.25) is 9.59 Å². The Balaban J connectivity index is 2.04. The minimum atomic E-state index is -3.22. The van der Waals surface area contributed by atoms with Gasteiger partial charge < -0.3 is 19.7 Å². The number of likely N-dealkylation sites (N-methyl/N-ethyl adjacent to an activating group) is 1. The van der Waals surface area contributed by atoms with E-state index in [4.69, 9.17) is 0 Å². The molecule has 1 heterocycles. The molecule has 0 bridgehead atoms. The first-order valence-corrected chi connectivity index (χ1v) is 8.83. The first-order chi connectivity index (χ1) is 14.6. The molecule has 1 N–H and O–H groups in total. The lowest BCUT2D eigenvalue weighted by atomic mass is 10.1. The molecule has 0 aliphatic rings. The number of carbonyl (C=O) groups excluding carboxylic acids is 2. The minimum Gasteiger partial charge on any atom is -0.435 e. The van der Waals surface area contributed by atoms with Crippen molar-refractivity contribution in [3.8, 4) is 11.5 Å². The lowest BCUT2D eigenvalue weighted by Crippen LogP contribution is -2.34. The zero-order valence-electron chi connectivity index (χ0n) is 16.5. The fraction of sp³-hybridized carbons (Fsp3) is 0.250. The van der Waals surface area contributed by atoms with Crippen molar-refractivity contribution in [1.82, 2.24) is 9.88 Å². The van der Waals surface area contributed by atoms with Crippen LogP contribution in [0.4, 0.5) is 23.4 Å². The van der Waals surface area contributed by atoms with Crippen LogP contribution in [0.25, 0.3) is 6.08 Å². The monoisotopic (exact) mass is 441 g/mol. The molecule has 0 saturated heterocycles. The molecule has 31 heavy (non-hydrogen) atoms. The van der Waals surface area contributed by atoms with Crippen LogP contribution in [0, 0.1) is 6.92 Å². The Morgan fingerprint density at radius 1 is 1.13 bits per heavy atom.